The molecule has 0 aliphatic rings. The minimum absolute atomic E-state index is 0.0418. The van der Waals surface area contributed by atoms with Crippen molar-refractivity contribution in [2.45, 2.75) is 6.42 Å². The van der Waals surface area contributed by atoms with Gasteiger partial charge in [-0.25, -0.2) is 9.97 Å². The van der Waals surface area contributed by atoms with Crippen LogP contribution in [-0.2, 0) is 4.74 Å². The molecule has 11 heteroatoms. The Kier molecular flexibility index (Phi) is 7.26. The Morgan fingerprint density at radius 2 is 1.96 bits per heavy atom. The molecule has 0 saturated carbocycles. The van der Waals surface area contributed by atoms with Gasteiger partial charge in [0.05, 0.1) is 17.6 Å². The molecule has 2 rings (SSSR count). The molecule has 1 aromatic heterocycles. The lowest BCUT2D eigenvalue weighted by atomic mass is 10.2. The van der Waals surface area contributed by atoms with Crippen molar-refractivity contribution in [1.29, 1.82) is 0 Å². The van der Waals surface area contributed by atoms with Crippen LogP contribution in [0.15, 0.2) is 30.6 Å². The van der Waals surface area contributed by atoms with E-state index < -0.39 is 10.8 Å². The van der Waals surface area contributed by atoms with E-state index in [4.69, 9.17) is 9.47 Å². The number of ether oxygens (including phenoxy) is 2. The van der Waals surface area contributed by atoms with Crippen LogP contribution < -0.4 is 20.9 Å². The van der Waals surface area contributed by atoms with Crippen LogP contribution >= 0.6 is 0 Å². The third-order valence-electron chi connectivity index (χ3n) is 3.47. The van der Waals surface area contributed by atoms with Crippen molar-refractivity contribution in [3.05, 3.63) is 46.3 Å². The number of anilines is 2. The molecule has 0 aliphatic carbocycles. The highest BCUT2D eigenvalue weighted by atomic mass is 16.6. The molecular weight excluding hydrogens is 356 g/mol. The SMILES string of the molecule is COCCCNc1ncnc(NNC(=O)c2ccccc2OC)c1[N+](=O)[O-]. The van der Waals surface area contributed by atoms with E-state index >= 15 is 0 Å². The fraction of sp³-hybridized carbons (Fsp3) is 0.312. The number of carbonyl (C=O) groups is 1. The molecule has 0 fully saturated rings. The molecule has 0 radical (unpaired) electrons. The summed E-state index contributed by atoms with van der Waals surface area (Å²) in [6.45, 7) is 0.935. The van der Waals surface area contributed by atoms with Crippen molar-refractivity contribution >= 4 is 23.2 Å². The van der Waals surface area contributed by atoms with Gasteiger partial charge < -0.3 is 14.8 Å². The number of nitrogens with zero attached hydrogens (tertiary/aromatic N) is 3. The van der Waals surface area contributed by atoms with Crippen LogP contribution in [0.3, 0.4) is 0 Å². The number of aromatic nitrogens is 2. The number of hydrogen-bond donors (Lipinski definition) is 3. The largest absolute Gasteiger partial charge is 0.496 e. The highest BCUT2D eigenvalue weighted by Gasteiger charge is 2.23. The van der Waals surface area contributed by atoms with Crippen LogP contribution in [0.5, 0.6) is 5.75 Å². The summed E-state index contributed by atoms with van der Waals surface area (Å²) in [7, 11) is 3.01. The van der Waals surface area contributed by atoms with E-state index in [2.05, 4.69) is 26.1 Å². The van der Waals surface area contributed by atoms with E-state index in [0.717, 1.165) is 6.33 Å². The molecule has 1 heterocycles. The number of rotatable bonds is 10. The lowest BCUT2D eigenvalue weighted by molar-refractivity contribution is -0.383. The number of hydrazine groups is 1. The number of benzene rings is 1. The Morgan fingerprint density at radius 3 is 2.67 bits per heavy atom. The Morgan fingerprint density at radius 1 is 1.22 bits per heavy atom. The molecule has 0 saturated heterocycles. The van der Waals surface area contributed by atoms with Crippen LogP contribution in [0.4, 0.5) is 17.3 Å². The minimum atomic E-state index is -0.629. The lowest BCUT2D eigenvalue weighted by Gasteiger charge is -2.12. The fourth-order valence-corrected chi connectivity index (χ4v) is 2.21. The summed E-state index contributed by atoms with van der Waals surface area (Å²) in [6.07, 6.45) is 1.80. The van der Waals surface area contributed by atoms with Gasteiger partial charge in [0.25, 0.3) is 5.91 Å². The molecule has 0 spiro atoms. The van der Waals surface area contributed by atoms with Gasteiger partial charge in [0.1, 0.15) is 12.1 Å². The topological polar surface area (TPSA) is 141 Å². The van der Waals surface area contributed by atoms with E-state index in [1.165, 1.54) is 7.11 Å². The zero-order valence-corrected chi connectivity index (χ0v) is 14.9. The predicted octanol–water partition coefficient (Wildman–Crippen LogP) is 1.60. The molecule has 1 aromatic carbocycles. The van der Waals surface area contributed by atoms with Gasteiger partial charge in [-0.2, -0.15) is 0 Å². The van der Waals surface area contributed by atoms with E-state index in [0.29, 0.717) is 25.3 Å². The average molecular weight is 376 g/mol. The zero-order chi connectivity index (χ0) is 19.6. The standard InChI is InChI=1S/C16H20N6O5/c1-26-9-5-8-17-14-13(22(24)25)15(19-10-18-14)20-21-16(23)11-6-3-4-7-12(11)27-2/h3-4,6-7,10H,5,8-9H2,1-2H3,(H,21,23)(H2,17,18,19,20). The van der Waals surface area contributed by atoms with Crippen molar-refractivity contribution < 1.29 is 19.2 Å². The third-order valence-corrected chi connectivity index (χ3v) is 3.47. The molecule has 0 bridgehead atoms. The first kappa shape index (κ1) is 19.8. The maximum atomic E-state index is 12.3. The van der Waals surface area contributed by atoms with Crippen molar-refractivity contribution in [3.63, 3.8) is 0 Å². The summed E-state index contributed by atoms with van der Waals surface area (Å²) >= 11 is 0. The molecule has 11 nitrogen and oxygen atoms in total. The summed E-state index contributed by atoms with van der Waals surface area (Å²) in [5.74, 6) is -0.267. The van der Waals surface area contributed by atoms with Gasteiger partial charge in [-0.15, -0.1) is 0 Å². The predicted molar refractivity (Wildman–Crippen MR) is 97.8 cm³/mol. The van der Waals surface area contributed by atoms with Gasteiger partial charge in [0.2, 0.25) is 11.6 Å². The van der Waals surface area contributed by atoms with Crippen LogP contribution in [-0.4, -0.2) is 48.2 Å². The van der Waals surface area contributed by atoms with Crippen molar-refractivity contribution in [2.24, 2.45) is 0 Å². The quantitative estimate of drug-likeness (QED) is 0.320. The summed E-state index contributed by atoms with van der Waals surface area (Å²) in [6, 6.07) is 6.59. The first-order valence-electron chi connectivity index (χ1n) is 8.00. The second kappa shape index (κ2) is 9.87. The number of carbonyl (C=O) groups excluding carboxylic acids is 1. The second-order valence-electron chi connectivity index (χ2n) is 5.23. The number of amides is 1. The fourth-order valence-electron chi connectivity index (χ4n) is 2.21. The average Bonchev–Trinajstić information content (AvgIpc) is 2.69. The smallest absolute Gasteiger partial charge is 0.354 e. The van der Waals surface area contributed by atoms with Crippen molar-refractivity contribution in [1.82, 2.24) is 15.4 Å². The monoisotopic (exact) mass is 376 g/mol. The van der Waals surface area contributed by atoms with Crippen molar-refractivity contribution in [2.75, 3.05) is 38.1 Å². The summed E-state index contributed by atoms with van der Waals surface area (Å²) < 4.78 is 10.1. The van der Waals surface area contributed by atoms with Gasteiger partial charge in [-0.3, -0.25) is 25.8 Å². The molecule has 3 N–H and O–H groups in total. The van der Waals surface area contributed by atoms with Crippen LogP contribution in [0.1, 0.15) is 16.8 Å². The summed E-state index contributed by atoms with van der Waals surface area (Å²) in [5.41, 5.74) is 4.74. The van der Waals surface area contributed by atoms with E-state index in [9.17, 15) is 14.9 Å². The van der Waals surface area contributed by atoms with Gasteiger partial charge in [-0.1, -0.05) is 12.1 Å². The molecule has 0 unspecified atom stereocenters. The van der Waals surface area contributed by atoms with Gasteiger partial charge >= 0.3 is 5.69 Å². The lowest BCUT2D eigenvalue weighted by Crippen LogP contribution is -2.30. The number of nitro groups is 1. The first-order valence-corrected chi connectivity index (χ1v) is 8.00. The Balaban J connectivity index is 2.13. The zero-order valence-electron chi connectivity index (χ0n) is 14.9. The number of para-hydroxylation sites is 1. The number of hydrogen-bond acceptors (Lipinski definition) is 9. The normalized spacial score (nSPS) is 10.1. The molecule has 0 atom stereocenters. The second-order valence-corrected chi connectivity index (χ2v) is 5.23. The molecule has 144 valence electrons. The Labute approximate surface area is 155 Å². The van der Waals surface area contributed by atoms with E-state index in [1.54, 1.807) is 31.4 Å². The maximum Gasteiger partial charge on any atom is 0.354 e. The molecule has 1 amide bonds. The molecule has 0 aliphatic heterocycles. The summed E-state index contributed by atoms with van der Waals surface area (Å²) in [5, 5.41) is 14.3. The van der Waals surface area contributed by atoms with Gasteiger partial charge in [0.15, 0.2) is 0 Å². The van der Waals surface area contributed by atoms with Crippen LogP contribution in [0, 0.1) is 10.1 Å². The van der Waals surface area contributed by atoms with Crippen LogP contribution in [0.2, 0.25) is 0 Å². The number of methoxy groups -OCH3 is 2. The van der Waals surface area contributed by atoms with Crippen molar-refractivity contribution in [3.8, 4) is 5.75 Å². The highest BCUT2D eigenvalue weighted by Crippen LogP contribution is 2.28. The van der Waals surface area contributed by atoms with E-state index in [-0.39, 0.29) is 22.9 Å². The summed E-state index contributed by atoms with van der Waals surface area (Å²) in [4.78, 5) is 30.8. The Bertz CT molecular complexity index is 801. The molecular formula is C16H20N6O5. The van der Waals surface area contributed by atoms with Gasteiger partial charge in [-0.05, 0) is 18.6 Å². The van der Waals surface area contributed by atoms with Gasteiger partial charge in [0, 0.05) is 20.3 Å². The highest BCUT2D eigenvalue weighted by molar-refractivity contribution is 5.97. The molecule has 2 aromatic rings. The molecule has 27 heavy (non-hydrogen) atoms. The maximum absolute atomic E-state index is 12.3. The Hall–Kier alpha value is -3.47. The first-order chi connectivity index (χ1) is 13.1. The number of nitrogens with one attached hydrogen (secondary N) is 3. The minimum Gasteiger partial charge on any atom is -0.496 e. The van der Waals surface area contributed by atoms with E-state index in [1.807, 2.05) is 0 Å². The van der Waals surface area contributed by atoms with Crippen LogP contribution in [0.25, 0.3) is 0 Å². The third kappa shape index (κ3) is 5.25.